The van der Waals surface area contributed by atoms with E-state index in [0.717, 1.165) is 18.6 Å². The van der Waals surface area contributed by atoms with E-state index in [-0.39, 0.29) is 0 Å². The van der Waals surface area contributed by atoms with Gasteiger partial charge in [-0.05, 0) is 68.8 Å². The van der Waals surface area contributed by atoms with E-state index in [0.29, 0.717) is 30.2 Å². The van der Waals surface area contributed by atoms with E-state index < -0.39 is 18.0 Å². The third-order valence-corrected chi connectivity index (χ3v) is 4.44. The monoisotopic (exact) mass is 413 g/mol. The van der Waals surface area contributed by atoms with Crippen LogP contribution < -0.4 is 14.8 Å². The number of unbranched alkanes of at least 4 members (excludes halogenated alkanes) is 3. The summed E-state index contributed by atoms with van der Waals surface area (Å²) < 4.78 is 16.3. The van der Waals surface area contributed by atoms with Gasteiger partial charge in [0.05, 0.1) is 18.8 Å². The van der Waals surface area contributed by atoms with Crippen LogP contribution in [0.4, 0.5) is 5.69 Å². The zero-order valence-electron chi connectivity index (χ0n) is 18.0. The fourth-order valence-electron chi connectivity index (χ4n) is 2.73. The van der Waals surface area contributed by atoms with Crippen molar-refractivity contribution in [2.24, 2.45) is 0 Å². The number of hydrogen-bond donors (Lipinski definition) is 1. The molecule has 6 heteroatoms. The average Bonchev–Trinajstić information content (AvgIpc) is 2.75. The Morgan fingerprint density at radius 2 is 1.50 bits per heavy atom. The van der Waals surface area contributed by atoms with Gasteiger partial charge in [0, 0.05) is 5.69 Å². The Hall–Kier alpha value is -3.02. The van der Waals surface area contributed by atoms with Crippen LogP contribution >= 0.6 is 0 Å². The van der Waals surface area contributed by atoms with E-state index in [1.807, 2.05) is 6.92 Å². The van der Waals surface area contributed by atoms with Crippen LogP contribution in [-0.4, -0.2) is 31.2 Å². The number of rotatable bonds is 12. The molecule has 0 saturated carbocycles. The van der Waals surface area contributed by atoms with Gasteiger partial charge in [-0.25, -0.2) is 4.79 Å². The smallest absolute Gasteiger partial charge is 0.338 e. The third kappa shape index (κ3) is 7.78. The summed E-state index contributed by atoms with van der Waals surface area (Å²) in [7, 11) is 0. The number of amides is 1. The van der Waals surface area contributed by atoms with Crippen LogP contribution in [0.25, 0.3) is 0 Å². The van der Waals surface area contributed by atoms with Gasteiger partial charge in [0.15, 0.2) is 6.10 Å². The van der Waals surface area contributed by atoms with Crippen molar-refractivity contribution in [2.75, 3.05) is 18.5 Å². The van der Waals surface area contributed by atoms with Crippen LogP contribution in [0, 0.1) is 0 Å². The van der Waals surface area contributed by atoms with Crippen molar-refractivity contribution in [3.8, 4) is 11.5 Å². The maximum Gasteiger partial charge on any atom is 0.338 e. The summed E-state index contributed by atoms with van der Waals surface area (Å²) in [5, 5.41) is 2.72. The van der Waals surface area contributed by atoms with Crippen molar-refractivity contribution in [3.05, 3.63) is 54.1 Å². The zero-order valence-corrected chi connectivity index (χ0v) is 18.0. The van der Waals surface area contributed by atoms with Crippen LogP contribution in [-0.2, 0) is 9.53 Å². The van der Waals surface area contributed by atoms with Crippen molar-refractivity contribution in [1.82, 2.24) is 0 Å². The first-order valence-corrected chi connectivity index (χ1v) is 10.5. The first kappa shape index (κ1) is 23.3. The maximum atomic E-state index is 12.3. The lowest BCUT2D eigenvalue weighted by atomic mass is 10.2. The summed E-state index contributed by atoms with van der Waals surface area (Å²) in [5.41, 5.74) is 0.973. The number of nitrogens with one attached hydrogen (secondary N) is 1. The number of hydrogen-bond acceptors (Lipinski definition) is 5. The Bertz CT molecular complexity index is 786. The quantitative estimate of drug-likeness (QED) is 0.381. The molecule has 0 fully saturated rings. The van der Waals surface area contributed by atoms with Gasteiger partial charge in [0.2, 0.25) is 0 Å². The van der Waals surface area contributed by atoms with Crippen molar-refractivity contribution in [2.45, 2.75) is 52.6 Å². The molecule has 0 heterocycles. The molecule has 0 aromatic heterocycles. The fraction of sp³-hybridized carbons (Fsp3) is 0.417. The van der Waals surface area contributed by atoms with Gasteiger partial charge < -0.3 is 19.5 Å². The van der Waals surface area contributed by atoms with E-state index >= 15 is 0 Å². The van der Waals surface area contributed by atoms with E-state index in [9.17, 15) is 9.59 Å². The third-order valence-electron chi connectivity index (χ3n) is 4.44. The van der Waals surface area contributed by atoms with Gasteiger partial charge in [-0.2, -0.15) is 0 Å². The number of anilines is 1. The molecule has 1 atom stereocenters. The number of benzene rings is 2. The van der Waals surface area contributed by atoms with Crippen LogP contribution in [0.15, 0.2) is 48.5 Å². The van der Waals surface area contributed by atoms with E-state index in [2.05, 4.69) is 12.2 Å². The largest absolute Gasteiger partial charge is 0.494 e. The molecular formula is C24H31NO5. The molecule has 1 unspecified atom stereocenters. The molecule has 162 valence electrons. The Morgan fingerprint density at radius 3 is 2.13 bits per heavy atom. The second-order valence-corrected chi connectivity index (χ2v) is 6.93. The Morgan fingerprint density at radius 1 is 0.867 bits per heavy atom. The lowest BCUT2D eigenvalue weighted by Crippen LogP contribution is -2.30. The van der Waals surface area contributed by atoms with Crippen LogP contribution in [0.1, 0.15) is 56.8 Å². The molecule has 0 aliphatic heterocycles. The molecule has 6 nitrogen and oxygen atoms in total. The minimum Gasteiger partial charge on any atom is -0.494 e. The van der Waals surface area contributed by atoms with Crippen LogP contribution in [0.5, 0.6) is 11.5 Å². The van der Waals surface area contributed by atoms with Crippen molar-refractivity contribution in [1.29, 1.82) is 0 Å². The Kier molecular flexibility index (Phi) is 9.71. The van der Waals surface area contributed by atoms with Crippen molar-refractivity contribution in [3.63, 3.8) is 0 Å². The summed E-state index contributed by atoms with van der Waals surface area (Å²) in [5.74, 6) is 0.478. The zero-order chi connectivity index (χ0) is 21.8. The second kappa shape index (κ2) is 12.5. The molecule has 2 aromatic rings. The second-order valence-electron chi connectivity index (χ2n) is 6.93. The molecule has 1 amide bonds. The lowest BCUT2D eigenvalue weighted by molar-refractivity contribution is -0.123. The molecule has 0 saturated heterocycles. The molecule has 2 aromatic carbocycles. The normalized spacial score (nSPS) is 11.4. The highest BCUT2D eigenvalue weighted by atomic mass is 16.5. The maximum absolute atomic E-state index is 12.3. The summed E-state index contributed by atoms with van der Waals surface area (Å²) in [6, 6.07) is 13.8. The number of ether oxygens (including phenoxy) is 3. The predicted octanol–water partition coefficient (Wildman–Crippen LogP) is 5.23. The standard InChI is InChI=1S/C24H31NO5/c1-4-6-7-8-17-29-22-13-9-19(10-14-22)24(27)30-18(3)23(26)25-20-11-15-21(16-12-20)28-5-2/h9-16,18H,4-8,17H2,1-3H3,(H,25,26). The topological polar surface area (TPSA) is 73.9 Å². The summed E-state index contributed by atoms with van der Waals surface area (Å²) in [4.78, 5) is 24.6. The van der Waals surface area contributed by atoms with Gasteiger partial charge in [0.25, 0.3) is 5.91 Å². The molecule has 0 aliphatic carbocycles. The van der Waals surface area contributed by atoms with Crippen molar-refractivity contribution < 1.29 is 23.8 Å². The lowest BCUT2D eigenvalue weighted by Gasteiger charge is -2.14. The van der Waals surface area contributed by atoms with Gasteiger partial charge >= 0.3 is 5.97 Å². The molecule has 2 rings (SSSR count). The number of carbonyl (C=O) groups excluding carboxylic acids is 2. The summed E-state index contributed by atoms with van der Waals surface area (Å²) >= 11 is 0. The minimum atomic E-state index is -0.932. The van der Waals surface area contributed by atoms with Crippen LogP contribution in [0.3, 0.4) is 0 Å². The molecule has 1 N–H and O–H groups in total. The van der Waals surface area contributed by atoms with Gasteiger partial charge in [0.1, 0.15) is 11.5 Å². The highest BCUT2D eigenvalue weighted by Gasteiger charge is 2.19. The van der Waals surface area contributed by atoms with Gasteiger partial charge in [-0.3, -0.25) is 4.79 Å². The predicted molar refractivity (Wildman–Crippen MR) is 117 cm³/mol. The first-order valence-electron chi connectivity index (χ1n) is 10.5. The van der Waals surface area contributed by atoms with E-state index in [1.54, 1.807) is 48.5 Å². The number of carbonyl (C=O) groups is 2. The fourth-order valence-corrected chi connectivity index (χ4v) is 2.73. The summed E-state index contributed by atoms with van der Waals surface area (Å²) in [6.07, 6.45) is 3.63. The molecule has 0 bridgehead atoms. The SMILES string of the molecule is CCCCCCOc1ccc(C(=O)OC(C)C(=O)Nc2ccc(OCC)cc2)cc1. The highest BCUT2D eigenvalue weighted by molar-refractivity contribution is 5.97. The molecule has 30 heavy (non-hydrogen) atoms. The Balaban J connectivity index is 1.80. The van der Waals surface area contributed by atoms with Crippen LogP contribution in [0.2, 0.25) is 0 Å². The number of esters is 1. The first-order chi connectivity index (χ1) is 14.5. The summed E-state index contributed by atoms with van der Waals surface area (Å²) in [6.45, 7) is 6.84. The van der Waals surface area contributed by atoms with Crippen molar-refractivity contribution >= 4 is 17.6 Å². The molecule has 0 radical (unpaired) electrons. The molecule has 0 spiro atoms. The molecule has 0 aliphatic rings. The van der Waals surface area contributed by atoms with E-state index in [1.165, 1.54) is 19.8 Å². The Labute approximate surface area is 178 Å². The van der Waals surface area contributed by atoms with Gasteiger partial charge in [-0.15, -0.1) is 0 Å². The average molecular weight is 414 g/mol. The van der Waals surface area contributed by atoms with Gasteiger partial charge in [-0.1, -0.05) is 26.2 Å². The van der Waals surface area contributed by atoms with E-state index in [4.69, 9.17) is 14.2 Å². The highest BCUT2D eigenvalue weighted by Crippen LogP contribution is 2.17. The molecular weight excluding hydrogens is 382 g/mol. The minimum absolute atomic E-state index is 0.369.